The summed E-state index contributed by atoms with van der Waals surface area (Å²) in [5, 5.41) is 9.53. The predicted octanol–water partition coefficient (Wildman–Crippen LogP) is 2.09. The molecule has 1 amide bonds. The van der Waals surface area contributed by atoms with Crippen LogP contribution in [0.15, 0.2) is 23.8 Å². The number of aliphatic carboxylic acids is 1. The molecule has 0 radical (unpaired) electrons. The summed E-state index contributed by atoms with van der Waals surface area (Å²) in [4.78, 5) is 26.5. The van der Waals surface area contributed by atoms with Crippen LogP contribution in [0.5, 0.6) is 0 Å². The number of carboxylic acid groups (broad SMARTS) is 1. The van der Waals surface area contributed by atoms with Crippen molar-refractivity contribution in [1.29, 1.82) is 0 Å². The first kappa shape index (κ1) is 15.9. The molecule has 1 aliphatic carbocycles. The second-order valence-electron chi connectivity index (χ2n) is 8.17. The fraction of sp³-hybridized carbons (Fsp3) is 0.684. The maximum Gasteiger partial charge on any atom is 0.310 e. The molecule has 0 aromatic heterocycles. The summed E-state index contributed by atoms with van der Waals surface area (Å²) in [7, 11) is 0. The Labute approximate surface area is 142 Å². The van der Waals surface area contributed by atoms with Gasteiger partial charge in [0.1, 0.15) is 11.5 Å². The fourth-order valence-electron chi connectivity index (χ4n) is 5.43. The Kier molecular flexibility index (Phi) is 3.43. The minimum atomic E-state index is -0.926. The molecule has 5 nitrogen and oxygen atoms in total. The lowest BCUT2D eigenvalue weighted by molar-refractivity contribution is -0.148. The molecule has 7 atom stereocenters. The summed E-state index contributed by atoms with van der Waals surface area (Å²) in [5.41, 5.74) is 0.711. The maximum absolute atomic E-state index is 13.0. The Bertz CT molecular complexity index is 654. The fourth-order valence-corrected chi connectivity index (χ4v) is 5.43. The monoisotopic (exact) mass is 331 g/mol. The molecular weight excluding hydrogens is 306 g/mol. The Balaban J connectivity index is 1.56. The molecule has 2 bridgehead atoms. The van der Waals surface area contributed by atoms with Gasteiger partial charge < -0.3 is 14.7 Å². The average molecular weight is 331 g/mol. The molecule has 2 saturated heterocycles. The minimum Gasteiger partial charge on any atom is -0.481 e. The summed E-state index contributed by atoms with van der Waals surface area (Å²) in [6, 6.07) is 0. The molecule has 0 saturated carbocycles. The number of carbonyl (C=O) groups is 2. The molecule has 0 aromatic rings. The number of likely N-dealkylation sites (tertiary alicyclic amines) is 1. The van der Waals surface area contributed by atoms with Gasteiger partial charge in [-0.2, -0.15) is 0 Å². The second kappa shape index (κ2) is 5.19. The van der Waals surface area contributed by atoms with Gasteiger partial charge in [-0.1, -0.05) is 37.6 Å². The van der Waals surface area contributed by atoms with E-state index in [0.717, 1.165) is 6.42 Å². The Hall–Kier alpha value is -1.62. The first-order valence-corrected chi connectivity index (χ1v) is 8.88. The summed E-state index contributed by atoms with van der Waals surface area (Å²) in [6.07, 6.45) is 6.69. The molecular formula is C19H25NO4. The highest BCUT2D eigenvalue weighted by atomic mass is 16.5. The van der Waals surface area contributed by atoms with Gasteiger partial charge in [-0.05, 0) is 31.1 Å². The van der Waals surface area contributed by atoms with Crippen LogP contribution < -0.4 is 0 Å². The molecule has 4 aliphatic rings. The number of amides is 1. The van der Waals surface area contributed by atoms with E-state index in [1.807, 2.05) is 17.1 Å². The van der Waals surface area contributed by atoms with Crippen LogP contribution in [0, 0.1) is 29.6 Å². The van der Waals surface area contributed by atoms with Crippen LogP contribution in [0.1, 0.15) is 27.2 Å². The molecule has 0 aromatic carbocycles. The first-order chi connectivity index (χ1) is 11.3. The van der Waals surface area contributed by atoms with Crippen LogP contribution in [0.4, 0.5) is 0 Å². The molecule has 3 heterocycles. The van der Waals surface area contributed by atoms with Gasteiger partial charge in [0.05, 0.1) is 18.6 Å². The summed E-state index contributed by atoms with van der Waals surface area (Å²) < 4.78 is 5.95. The van der Waals surface area contributed by atoms with Crippen LogP contribution in [-0.2, 0) is 14.3 Å². The van der Waals surface area contributed by atoms with E-state index in [2.05, 4.69) is 26.8 Å². The van der Waals surface area contributed by atoms with Crippen molar-refractivity contribution >= 4 is 11.9 Å². The highest BCUT2D eigenvalue weighted by Crippen LogP contribution is 2.52. The number of carboxylic acids is 1. The second-order valence-corrected chi connectivity index (χ2v) is 8.17. The van der Waals surface area contributed by atoms with Gasteiger partial charge in [-0.3, -0.25) is 9.59 Å². The molecule has 2 fully saturated rings. The van der Waals surface area contributed by atoms with Crippen LogP contribution in [-0.4, -0.2) is 46.7 Å². The molecule has 1 spiro atoms. The van der Waals surface area contributed by atoms with Crippen molar-refractivity contribution in [1.82, 2.24) is 4.90 Å². The molecule has 130 valence electrons. The lowest BCUT2D eigenvalue weighted by Crippen LogP contribution is -2.41. The summed E-state index contributed by atoms with van der Waals surface area (Å²) in [6.45, 7) is 7.82. The molecule has 3 aliphatic heterocycles. The van der Waals surface area contributed by atoms with E-state index >= 15 is 0 Å². The van der Waals surface area contributed by atoms with Gasteiger partial charge in [0.25, 0.3) is 0 Å². The van der Waals surface area contributed by atoms with Crippen molar-refractivity contribution in [3.8, 4) is 0 Å². The van der Waals surface area contributed by atoms with Crippen LogP contribution >= 0.6 is 0 Å². The molecule has 5 unspecified atom stereocenters. The van der Waals surface area contributed by atoms with Crippen molar-refractivity contribution in [3.63, 3.8) is 0 Å². The topological polar surface area (TPSA) is 66.8 Å². The van der Waals surface area contributed by atoms with Gasteiger partial charge in [-0.25, -0.2) is 0 Å². The third kappa shape index (κ3) is 2.10. The lowest BCUT2D eigenvalue weighted by atomic mass is 9.75. The highest BCUT2D eigenvalue weighted by Gasteiger charge is 2.67. The number of hydrogen-bond donors (Lipinski definition) is 1. The largest absolute Gasteiger partial charge is 0.481 e. The number of allylic oxidation sites excluding steroid dienone is 2. The quantitative estimate of drug-likeness (QED) is 0.804. The molecule has 5 heteroatoms. The Morgan fingerprint density at radius 3 is 2.88 bits per heavy atom. The minimum absolute atomic E-state index is 0.0417. The smallest absolute Gasteiger partial charge is 0.310 e. The maximum atomic E-state index is 13.0. The number of rotatable bonds is 3. The van der Waals surface area contributed by atoms with E-state index < -0.39 is 29.5 Å². The SMILES string of the molecule is CC1=CC(C)C(CN2C[C@]34C=C[C@H](O3)C(C(=O)O)C4C2=O)C(C)C1. The zero-order valence-corrected chi connectivity index (χ0v) is 14.4. The number of carbonyl (C=O) groups excluding carboxylic acids is 1. The average Bonchev–Trinajstić information content (AvgIpc) is 3.11. The van der Waals surface area contributed by atoms with E-state index in [4.69, 9.17) is 4.74 Å². The van der Waals surface area contributed by atoms with Crippen molar-refractivity contribution in [2.24, 2.45) is 29.6 Å². The zero-order valence-electron chi connectivity index (χ0n) is 14.4. The van der Waals surface area contributed by atoms with Crippen molar-refractivity contribution in [2.75, 3.05) is 13.1 Å². The molecule has 1 N–H and O–H groups in total. The van der Waals surface area contributed by atoms with Gasteiger partial charge in [0.2, 0.25) is 5.91 Å². The number of nitrogens with zero attached hydrogens (tertiary/aromatic N) is 1. The van der Waals surface area contributed by atoms with Gasteiger partial charge in [0.15, 0.2) is 0 Å². The summed E-state index contributed by atoms with van der Waals surface area (Å²) in [5.74, 6) is -0.893. The molecule has 4 rings (SSSR count). The number of hydrogen-bond acceptors (Lipinski definition) is 3. The van der Waals surface area contributed by atoms with E-state index in [1.54, 1.807) is 0 Å². The van der Waals surface area contributed by atoms with Crippen LogP contribution in [0.2, 0.25) is 0 Å². The van der Waals surface area contributed by atoms with Crippen LogP contribution in [0.25, 0.3) is 0 Å². The lowest BCUT2D eigenvalue weighted by Gasteiger charge is -2.36. The van der Waals surface area contributed by atoms with E-state index in [9.17, 15) is 14.7 Å². The van der Waals surface area contributed by atoms with E-state index in [0.29, 0.717) is 30.8 Å². The van der Waals surface area contributed by atoms with Crippen LogP contribution in [0.3, 0.4) is 0 Å². The first-order valence-electron chi connectivity index (χ1n) is 8.88. The van der Waals surface area contributed by atoms with E-state index in [-0.39, 0.29) is 5.91 Å². The number of fused-ring (bicyclic) bond motifs is 1. The normalized spacial score (nSPS) is 46.4. The Morgan fingerprint density at radius 1 is 1.46 bits per heavy atom. The van der Waals surface area contributed by atoms with Crippen molar-refractivity contribution in [2.45, 2.75) is 38.9 Å². The Morgan fingerprint density at radius 2 is 2.21 bits per heavy atom. The van der Waals surface area contributed by atoms with Crippen molar-refractivity contribution in [3.05, 3.63) is 23.8 Å². The van der Waals surface area contributed by atoms with E-state index in [1.165, 1.54) is 5.57 Å². The third-order valence-electron chi connectivity index (χ3n) is 6.49. The number of ether oxygens (including phenoxy) is 1. The molecule has 24 heavy (non-hydrogen) atoms. The van der Waals surface area contributed by atoms with Gasteiger partial charge >= 0.3 is 5.97 Å². The van der Waals surface area contributed by atoms with Crippen molar-refractivity contribution < 1.29 is 19.4 Å². The highest BCUT2D eigenvalue weighted by molar-refractivity contribution is 5.90. The van der Waals surface area contributed by atoms with Gasteiger partial charge in [-0.15, -0.1) is 0 Å². The standard InChI is InChI=1S/C19H25NO4/c1-10-6-11(2)13(12(3)7-10)8-20-9-19-5-4-14(24-19)15(18(22)23)16(19)17(20)21/h4-6,11-16H,7-9H2,1-3H3,(H,22,23)/t11?,12?,13?,14-,15?,16?,19-/m0/s1. The predicted molar refractivity (Wildman–Crippen MR) is 88.1 cm³/mol. The zero-order chi connectivity index (χ0) is 17.2. The van der Waals surface area contributed by atoms with Gasteiger partial charge in [0, 0.05) is 6.54 Å². The summed E-state index contributed by atoms with van der Waals surface area (Å²) >= 11 is 0. The third-order valence-corrected chi connectivity index (χ3v) is 6.49.